The molecule has 0 spiro atoms. The van der Waals surface area contributed by atoms with Crippen LogP contribution in [0.15, 0.2) is 10.9 Å². The maximum atomic E-state index is 13.0. The highest BCUT2D eigenvalue weighted by Gasteiger charge is 2.27. The van der Waals surface area contributed by atoms with E-state index in [1.165, 1.54) is 4.68 Å². The number of amides is 1. The molecule has 1 aliphatic rings. The van der Waals surface area contributed by atoms with Crippen molar-refractivity contribution in [3.8, 4) is 0 Å². The van der Waals surface area contributed by atoms with Gasteiger partial charge in [-0.3, -0.25) is 14.0 Å². The lowest BCUT2D eigenvalue weighted by atomic mass is 9.99. The Bertz CT molecular complexity index is 862. The van der Waals surface area contributed by atoms with Crippen LogP contribution in [-0.4, -0.2) is 42.0 Å². The van der Waals surface area contributed by atoms with Crippen molar-refractivity contribution in [1.29, 1.82) is 0 Å². The van der Waals surface area contributed by atoms with E-state index in [9.17, 15) is 9.59 Å². The zero-order chi connectivity index (χ0) is 19.6. The third kappa shape index (κ3) is 3.99. The fourth-order valence-corrected chi connectivity index (χ4v) is 3.85. The van der Waals surface area contributed by atoms with Gasteiger partial charge in [-0.1, -0.05) is 6.92 Å². The van der Waals surface area contributed by atoms with Gasteiger partial charge in [-0.25, -0.2) is 9.48 Å². The zero-order valence-electron chi connectivity index (χ0n) is 16.8. The van der Waals surface area contributed by atoms with Gasteiger partial charge >= 0.3 is 5.69 Å². The summed E-state index contributed by atoms with van der Waals surface area (Å²) >= 11 is 0. The van der Waals surface area contributed by atoms with Crippen molar-refractivity contribution in [2.45, 2.75) is 72.6 Å². The van der Waals surface area contributed by atoms with E-state index in [1.54, 1.807) is 9.47 Å². The van der Waals surface area contributed by atoms with Crippen LogP contribution in [0.3, 0.4) is 0 Å². The molecule has 3 heterocycles. The van der Waals surface area contributed by atoms with Crippen LogP contribution in [-0.2, 0) is 37.4 Å². The number of aryl methyl sites for hydroxylation is 4. The number of rotatable bonds is 6. The average Bonchev–Trinajstić information content (AvgIpc) is 3.05. The quantitative estimate of drug-likeness (QED) is 0.769. The molecule has 148 valence electrons. The lowest BCUT2D eigenvalue weighted by Gasteiger charge is -2.23. The second kappa shape index (κ2) is 8.10. The van der Waals surface area contributed by atoms with Gasteiger partial charge in [-0.2, -0.15) is 10.2 Å². The van der Waals surface area contributed by atoms with Gasteiger partial charge in [-0.05, 0) is 39.2 Å². The summed E-state index contributed by atoms with van der Waals surface area (Å²) in [5.74, 6) is 0.866. The number of carbonyl (C=O) groups is 1. The Morgan fingerprint density at radius 1 is 1.26 bits per heavy atom. The molecule has 1 atom stereocenters. The summed E-state index contributed by atoms with van der Waals surface area (Å²) in [7, 11) is 1.86. The van der Waals surface area contributed by atoms with Gasteiger partial charge in [-0.15, -0.1) is 0 Å². The summed E-state index contributed by atoms with van der Waals surface area (Å²) in [5, 5.41) is 8.92. The first-order valence-corrected chi connectivity index (χ1v) is 9.89. The van der Waals surface area contributed by atoms with Crippen LogP contribution >= 0.6 is 0 Å². The van der Waals surface area contributed by atoms with Crippen LogP contribution in [0.1, 0.15) is 50.3 Å². The largest absolute Gasteiger partial charge is 0.345 e. The Hall–Kier alpha value is -2.38. The van der Waals surface area contributed by atoms with Gasteiger partial charge in [0.15, 0.2) is 0 Å². The summed E-state index contributed by atoms with van der Waals surface area (Å²) in [4.78, 5) is 27.1. The fourth-order valence-electron chi connectivity index (χ4n) is 3.85. The number of aromatic nitrogens is 5. The van der Waals surface area contributed by atoms with Crippen molar-refractivity contribution in [2.75, 3.05) is 7.05 Å². The van der Waals surface area contributed by atoms with Crippen LogP contribution in [0.5, 0.6) is 0 Å². The maximum Gasteiger partial charge on any atom is 0.345 e. The van der Waals surface area contributed by atoms with Gasteiger partial charge in [0.25, 0.3) is 0 Å². The van der Waals surface area contributed by atoms with Gasteiger partial charge in [0.2, 0.25) is 5.91 Å². The monoisotopic (exact) mass is 374 g/mol. The average molecular weight is 374 g/mol. The highest BCUT2D eigenvalue weighted by atomic mass is 16.2. The Kier molecular flexibility index (Phi) is 5.82. The molecular weight excluding hydrogens is 344 g/mol. The first-order chi connectivity index (χ1) is 12.9. The zero-order valence-corrected chi connectivity index (χ0v) is 16.8. The third-order valence-electron chi connectivity index (χ3n) is 5.26. The molecule has 2 aromatic rings. The Balaban J connectivity index is 1.67. The van der Waals surface area contributed by atoms with Gasteiger partial charge in [0, 0.05) is 39.0 Å². The van der Waals surface area contributed by atoms with Crippen LogP contribution in [0.4, 0.5) is 0 Å². The Labute approximate surface area is 159 Å². The minimum atomic E-state index is -0.0742. The van der Waals surface area contributed by atoms with Crippen molar-refractivity contribution >= 4 is 5.91 Å². The van der Waals surface area contributed by atoms with Crippen molar-refractivity contribution in [3.63, 3.8) is 0 Å². The summed E-state index contributed by atoms with van der Waals surface area (Å²) in [6.45, 7) is 8.58. The van der Waals surface area contributed by atoms with Crippen molar-refractivity contribution in [3.05, 3.63) is 33.8 Å². The highest BCUT2D eigenvalue weighted by Crippen LogP contribution is 2.21. The van der Waals surface area contributed by atoms with Gasteiger partial charge in [0.1, 0.15) is 5.82 Å². The van der Waals surface area contributed by atoms with E-state index < -0.39 is 0 Å². The standard InChI is InChI=1S/C19H30N6O2/c1-5-10-25-16(12-14(3)20-25)13-22(4)18(26)15-7-8-17-21-24(6-2)19(27)23(17)11-9-15/h12,15H,5-11,13H2,1-4H3. The van der Waals surface area contributed by atoms with Gasteiger partial charge < -0.3 is 4.90 Å². The normalized spacial score (nSPS) is 16.8. The molecule has 8 nitrogen and oxygen atoms in total. The Morgan fingerprint density at radius 3 is 2.74 bits per heavy atom. The smallest absolute Gasteiger partial charge is 0.340 e. The predicted molar refractivity (Wildman–Crippen MR) is 102 cm³/mol. The van der Waals surface area contributed by atoms with Crippen LogP contribution < -0.4 is 5.69 Å². The lowest BCUT2D eigenvalue weighted by Crippen LogP contribution is -2.34. The first kappa shape index (κ1) is 19.4. The summed E-state index contributed by atoms with van der Waals surface area (Å²) < 4.78 is 5.23. The number of carbonyl (C=O) groups excluding carboxylic acids is 1. The van der Waals surface area contributed by atoms with Crippen molar-refractivity contribution < 1.29 is 4.79 Å². The summed E-state index contributed by atoms with van der Waals surface area (Å²) in [5.41, 5.74) is 1.98. The molecule has 1 aliphatic heterocycles. The molecule has 0 saturated heterocycles. The summed E-state index contributed by atoms with van der Waals surface area (Å²) in [6.07, 6.45) is 3.09. The molecule has 0 radical (unpaired) electrons. The number of hydrogen-bond donors (Lipinski definition) is 0. The van der Waals surface area contributed by atoms with Crippen LogP contribution in [0.2, 0.25) is 0 Å². The van der Waals surface area contributed by atoms with E-state index in [2.05, 4.69) is 23.2 Å². The van der Waals surface area contributed by atoms with E-state index in [1.807, 2.05) is 25.6 Å². The highest BCUT2D eigenvalue weighted by molar-refractivity contribution is 5.78. The molecule has 2 aromatic heterocycles. The molecule has 1 amide bonds. The third-order valence-corrected chi connectivity index (χ3v) is 5.26. The SMILES string of the molecule is CCCn1nc(C)cc1CN(C)C(=O)C1CCc2nn(CC)c(=O)n2CC1. The predicted octanol–water partition coefficient (Wildman–Crippen LogP) is 1.59. The molecule has 0 bridgehead atoms. The number of hydrogen-bond acceptors (Lipinski definition) is 4. The molecule has 0 saturated carbocycles. The first-order valence-electron chi connectivity index (χ1n) is 9.89. The second-order valence-electron chi connectivity index (χ2n) is 7.38. The van der Waals surface area contributed by atoms with E-state index in [0.29, 0.717) is 32.5 Å². The Morgan fingerprint density at radius 2 is 2.04 bits per heavy atom. The minimum Gasteiger partial charge on any atom is -0.340 e. The number of nitrogens with zero attached hydrogens (tertiary/aromatic N) is 6. The van der Waals surface area contributed by atoms with E-state index in [4.69, 9.17) is 0 Å². The molecule has 3 rings (SSSR count). The molecular formula is C19H30N6O2. The molecule has 0 N–H and O–H groups in total. The van der Waals surface area contributed by atoms with E-state index in [0.717, 1.165) is 36.6 Å². The maximum absolute atomic E-state index is 13.0. The molecule has 1 unspecified atom stereocenters. The molecule has 0 aromatic carbocycles. The summed E-state index contributed by atoms with van der Waals surface area (Å²) in [6, 6.07) is 2.05. The van der Waals surface area contributed by atoms with Crippen LogP contribution in [0.25, 0.3) is 0 Å². The van der Waals surface area contributed by atoms with Crippen molar-refractivity contribution in [1.82, 2.24) is 29.0 Å². The minimum absolute atomic E-state index is 0.0621. The molecule has 0 aliphatic carbocycles. The van der Waals surface area contributed by atoms with Crippen molar-refractivity contribution in [2.24, 2.45) is 5.92 Å². The fraction of sp³-hybridized carbons (Fsp3) is 0.684. The molecule has 0 fully saturated rings. The number of fused-ring (bicyclic) bond motifs is 1. The van der Waals surface area contributed by atoms with E-state index in [-0.39, 0.29) is 17.5 Å². The van der Waals surface area contributed by atoms with Crippen LogP contribution in [0, 0.1) is 12.8 Å². The second-order valence-corrected chi connectivity index (χ2v) is 7.38. The molecule has 27 heavy (non-hydrogen) atoms. The topological polar surface area (TPSA) is 78.0 Å². The molecule has 8 heteroatoms. The lowest BCUT2D eigenvalue weighted by molar-refractivity contribution is -0.135. The van der Waals surface area contributed by atoms with E-state index >= 15 is 0 Å². The van der Waals surface area contributed by atoms with Gasteiger partial charge in [0.05, 0.1) is 17.9 Å².